The molecule has 0 bridgehead atoms. The highest BCUT2D eigenvalue weighted by atomic mass is 32.2. The average molecular weight is 486 g/mol. The van der Waals surface area contributed by atoms with Crippen LogP contribution in [0.15, 0.2) is 51.5 Å². The Balaban J connectivity index is 1.90. The maximum Gasteiger partial charge on any atom is 0.432 e. The number of H-pyrrole nitrogens is 1. The average Bonchev–Trinajstić information content (AvgIpc) is 3.21. The van der Waals surface area contributed by atoms with E-state index in [4.69, 9.17) is 0 Å². The van der Waals surface area contributed by atoms with Crippen LogP contribution in [-0.2, 0) is 27.2 Å². The number of esters is 1. The number of pyridine rings is 1. The largest absolute Gasteiger partial charge is 0.462 e. The number of aryl methyl sites for hydroxylation is 1. The van der Waals surface area contributed by atoms with Gasteiger partial charge in [-0.15, -0.1) is 11.3 Å². The van der Waals surface area contributed by atoms with Gasteiger partial charge in [0.2, 0.25) is 0 Å². The second kappa shape index (κ2) is 9.25. The molecule has 0 saturated carbocycles. The van der Waals surface area contributed by atoms with E-state index in [-0.39, 0.29) is 34.9 Å². The molecule has 0 amide bonds. The number of thiazole rings is 1. The topological polar surface area (TPSA) is 106 Å². The second-order valence-corrected chi connectivity index (χ2v) is 9.58. The first-order valence-electron chi connectivity index (χ1n) is 9.27. The Hall–Kier alpha value is -2.99. The third-order valence-electron chi connectivity index (χ3n) is 4.33. The predicted molar refractivity (Wildman–Crippen MR) is 111 cm³/mol. The molecule has 0 radical (unpaired) electrons. The van der Waals surface area contributed by atoms with Gasteiger partial charge in [-0.25, -0.2) is 18.2 Å². The van der Waals surface area contributed by atoms with Gasteiger partial charge in [-0.3, -0.25) is 4.79 Å². The summed E-state index contributed by atoms with van der Waals surface area (Å²) in [5, 5.41) is 1.79. The summed E-state index contributed by atoms with van der Waals surface area (Å²) >= 11 is 1.06. The van der Waals surface area contributed by atoms with Crippen molar-refractivity contribution in [3.05, 3.63) is 68.4 Å². The fourth-order valence-electron chi connectivity index (χ4n) is 2.83. The van der Waals surface area contributed by atoms with Crippen molar-refractivity contribution in [2.45, 2.75) is 24.4 Å². The minimum absolute atomic E-state index is 0.0302. The summed E-state index contributed by atoms with van der Waals surface area (Å²) in [6, 6.07) is 8.64. The van der Waals surface area contributed by atoms with E-state index in [2.05, 4.69) is 9.72 Å². The Morgan fingerprint density at radius 2 is 1.91 bits per heavy atom. The van der Waals surface area contributed by atoms with Crippen LogP contribution in [0.1, 0.15) is 28.0 Å². The lowest BCUT2D eigenvalue weighted by atomic mass is 10.1. The van der Waals surface area contributed by atoms with Gasteiger partial charge in [0, 0.05) is 11.8 Å². The number of ether oxygens (including phenoxy) is 1. The van der Waals surface area contributed by atoms with E-state index in [0.29, 0.717) is 5.01 Å². The number of carbonyl (C=O) groups excluding carboxylic acids is 1. The molecule has 1 aromatic carbocycles. The van der Waals surface area contributed by atoms with Crippen molar-refractivity contribution in [1.29, 1.82) is 0 Å². The van der Waals surface area contributed by atoms with Crippen molar-refractivity contribution in [3.8, 4) is 11.3 Å². The normalized spacial score (nSPS) is 12.0. The van der Waals surface area contributed by atoms with Gasteiger partial charge in [0.05, 0.1) is 39.1 Å². The molecule has 0 saturated heterocycles. The summed E-state index contributed by atoms with van der Waals surface area (Å²) in [4.78, 5) is 30.4. The van der Waals surface area contributed by atoms with Gasteiger partial charge in [-0.2, -0.15) is 13.2 Å². The third kappa shape index (κ3) is 5.25. The minimum Gasteiger partial charge on any atom is -0.462 e. The zero-order chi connectivity index (χ0) is 23.5. The number of rotatable bonds is 7. The first-order chi connectivity index (χ1) is 15.0. The molecule has 2 heterocycles. The Labute approximate surface area is 184 Å². The van der Waals surface area contributed by atoms with Gasteiger partial charge >= 0.3 is 12.1 Å². The molecule has 170 valence electrons. The van der Waals surface area contributed by atoms with E-state index in [0.717, 1.165) is 17.4 Å². The third-order valence-corrected chi connectivity index (χ3v) is 6.98. The molecule has 2 aromatic heterocycles. The molecule has 0 fully saturated rings. The smallest absolute Gasteiger partial charge is 0.432 e. The number of carbonyl (C=O) groups is 1. The first kappa shape index (κ1) is 23.7. The van der Waals surface area contributed by atoms with Crippen LogP contribution in [0.3, 0.4) is 0 Å². The summed E-state index contributed by atoms with van der Waals surface area (Å²) in [5.41, 5.74) is -3.65. The van der Waals surface area contributed by atoms with Crippen molar-refractivity contribution < 1.29 is 31.1 Å². The number of benzene rings is 1. The molecule has 0 aliphatic rings. The maximum atomic E-state index is 13.3. The van der Waals surface area contributed by atoms with Crippen LogP contribution in [0.4, 0.5) is 13.2 Å². The summed E-state index contributed by atoms with van der Waals surface area (Å²) in [6.07, 6.45) is -4.93. The quantitative estimate of drug-likeness (QED) is 0.511. The highest BCUT2D eigenvalue weighted by Gasteiger charge is 2.38. The predicted octanol–water partition coefficient (Wildman–Crippen LogP) is 3.71. The maximum absolute atomic E-state index is 13.3. The highest BCUT2D eigenvalue weighted by molar-refractivity contribution is 7.91. The lowest BCUT2D eigenvalue weighted by molar-refractivity contribution is -0.141. The molecule has 32 heavy (non-hydrogen) atoms. The number of nitrogens with zero attached hydrogens (tertiary/aromatic N) is 1. The van der Waals surface area contributed by atoms with Crippen molar-refractivity contribution >= 4 is 27.1 Å². The summed E-state index contributed by atoms with van der Waals surface area (Å²) in [7, 11) is -3.56. The van der Waals surface area contributed by atoms with Crippen LogP contribution >= 0.6 is 11.3 Å². The van der Waals surface area contributed by atoms with Gasteiger partial charge in [0.1, 0.15) is 5.69 Å². The number of aromatic amines is 1. The van der Waals surface area contributed by atoms with E-state index in [1.54, 1.807) is 23.2 Å². The van der Waals surface area contributed by atoms with Crippen LogP contribution in [0, 0.1) is 0 Å². The van der Waals surface area contributed by atoms with E-state index < -0.39 is 38.8 Å². The molecule has 7 nitrogen and oxygen atoms in total. The van der Waals surface area contributed by atoms with Crippen molar-refractivity contribution in [2.75, 3.05) is 12.4 Å². The summed E-state index contributed by atoms with van der Waals surface area (Å²) in [5.74, 6) is -1.47. The summed E-state index contributed by atoms with van der Waals surface area (Å²) in [6.45, 7) is 1.29. The number of hydrogen-bond acceptors (Lipinski definition) is 7. The van der Waals surface area contributed by atoms with Gasteiger partial charge in [0.15, 0.2) is 9.84 Å². The molecule has 0 atom stereocenters. The molecule has 12 heteroatoms. The Morgan fingerprint density at radius 1 is 1.22 bits per heavy atom. The number of nitrogens with one attached hydrogen (secondary N) is 1. The van der Waals surface area contributed by atoms with E-state index in [9.17, 15) is 31.2 Å². The van der Waals surface area contributed by atoms with E-state index in [1.807, 2.05) is 0 Å². The van der Waals surface area contributed by atoms with Gasteiger partial charge < -0.3 is 9.72 Å². The number of aromatic nitrogens is 2. The van der Waals surface area contributed by atoms with Gasteiger partial charge in [-0.05, 0) is 25.1 Å². The van der Waals surface area contributed by atoms with Crippen molar-refractivity contribution in [3.63, 3.8) is 0 Å². The number of sulfone groups is 1. The van der Waals surface area contributed by atoms with Crippen LogP contribution in [0.5, 0.6) is 0 Å². The molecule has 0 aliphatic carbocycles. The fourth-order valence-corrected chi connectivity index (χ4v) is 5.03. The zero-order valence-electron chi connectivity index (χ0n) is 16.6. The van der Waals surface area contributed by atoms with Crippen molar-refractivity contribution in [2.24, 2.45) is 0 Å². The lowest BCUT2D eigenvalue weighted by Crippen LogP contribution is -2.23. The SMILES string of the molecule is CCOC(=O)c1cc(-c2csc(CCS(=O)(=O)c3ccccc3)n2)c(=O)[nH]c1C(F)(F)F. The first-order valence-corrected chi connectivity index (χ1v) is 11.8. The van der Waals surface area contributed by atoms with E-state index in [1.165, 1.54) is 24.4 Å². The van der Waals surface area contributed by atoms with Crippen LogP contribution in [0.25, 0.3) is 11.3 Å². The van der Waals surface area contributed by atoms with Crippen LogP contribution in [0.2, 0.25) is 0 Å². The van der Waals surface area contributed by atoms with Crippen molar-refractivity contribution in [1.82, 2.24) is 9.97 Å². The Kier molecular flexibility index (Phi) is 6.84. The minimum atomic E-state index is -4.97. The Bertz CT molecular complexity index is 1280. The molecule has 1 N–H and O–H groups in total. The number of alkyl halides is 3. The molecule has 0 unspecified atom stereocenters. The second-order valence-electron chi connectivity index (χ2n) is 6.53. The zero-order valence-corrected chi connectivity index (χ0v) is 18.2. The van der Waals surface area contributed by atoms with E-state index >= 15 is 0 Å². The number of halogens is 3. The molecular weight excluding hydrogens is 469 g/mol. The fraction of sp³-hybridized carbons (Fsp3) is 0.250. The molecular formula is C20H17F3N2O5S2. The monoisotopic (exact) mass is 486 g/mol. The lowest BCUT2D eigenvalue weighted by Gasteiger charge is -2.12. The molecule has 0 spiro atoms. The molecule has 3 aromatic rings. The molecule has 0 aliphatic heterocycles. The van der Waals surface area contributed by atoms with Gasteiger partial charge in [-0.1, -0.05) is 18.2 Å². The number of hydrogen-bond donors (Lipinski definition) is 1. The summed E-state index contributed by atoms with van der Waals surface area (Å²) < 4.78 is 69.3. The van der Waals surface area contributed by atoms with Crippen LogP contribution < -0.4 is 5.56 Å². The Morgan fingerprint density at radius 3 is 2.53 bits per heavy atom. The standard InChI is InChI=1S/C20H17F3N2O5S2/c1-2-30-19(27)14-10-13(18(26)25-17(14)20(21,22)23)15-11-31-16(24-15)8-9-32(28,29)12-6-4-3-5-7-12/h3-7,10-11H,2,8-9H2,1H3,(H,25,26). The molecule has 3 rings (SSSR count). The van der Waals surface area contributed by atoms with Gasteiger partial charge in [0.25, 0.3) is 5.56 Å². The van der Waals surface area contributed by atoms with Crippen LogP contribution in [-0.4, -0.2) is 36.7 Å². The highest BCUT2D eigenvalue weighted by Crippen LogP contribution is 2.32.